The van der Waals surface area contributed by atoms with Crippen molar-refractivity contribution >= 4 is 6.03 Å². The van der Waals surface area contributed by atoms with Gasteiger partial charge in [-0.1, -0.05) is 6.07 Å². The van der Waals surface area contributed by atoms with Crippen molar-refractivity contribution in [3.05, 3.63) is 47.5 Å². The number of nitrogens with zero attached hydrogens (tertiary/aromatic N) is 3. The van der Waals surface area contributed by atoms with Gasteiger partial charge in [0.05, 0.1) is 23.3 Å². The van der Waals surface area contributed by atoms with Crippen LogP contribution >= 0.6 is 0 Å². The van der Waals surface area contributed by atoms with Crippen LogP contribution in [0, 0.1) is 6.92 Å². The molecular weight excluding hydrogens is 302 g/mol. The summed E-state index contributed by atoms with van der Waals surface area (Å²) in [7, 11) is 0. The number of aromatic nitrogens is 3. The quantitative estimate of drug-likeness (QED) is 0.902. The standard InChI is InChI=1S/C18H27N5O/c1-12(15-8-7-9-19-10-15)20-17(24)21-13(2)16-11-23(18(4,5)6)22-14(16)3/h7-13H,1-6H3,(H2,20,21,24)/t12-,13-/m0/s1. The molecule has 0 saturated heterocycles. The van der Waals surface area contributed by atoms with E-state index in [4.69, 9.17) is 0 Å². The highest BCUT2D eigenvalue weighted by Gasteiger charge is 2.20. The first-order chi connectivity index (χ1) is 11.2. The third-order valence-electron chi connectivity index (χ3n) is 3.97. The van der Waals surface area contributed by atoms with Crippen molar-refractivity contribution in [1.82, 2.24) is 25.4 Å². The van der Waals surface area contributed by atoms with Gasteiger partial charge in [0.1, 0.15) is 0 Å². The van der Waals surface area contributed by atoms with Gasteiger partial charge in [-0.05, 0) is 53.2 Å². The summed E-state index contributed by atoms with van der Waals surface area (Å²) in [6.07, 6.45) is 5.48. The van der Waals surface area contributed by atoms with Gasteiger partial charge in [-0.25, -0.2) is 4.79 Å². The molecule has 2 N–H and O–H groups in total. The van der Waals surface area contributed by atoms with Crippen molar-refractivity contribution in [1.29, 1.82) is 0 Å². The lowest BCUT2D eigenvalue weighted by Crippen LogP contribution is -2.38. The van der Waals surface area contributed by atoms with Gasteiger partial charge in [-0.15, -0.1) is 0 Å². The van der Waals surface area contributed by atoms with Gasteiger partial charge in [-0.3, -0.25) is 9.67 Å². The number of pyridine rings is 1. The summed E-state index contributed by atoms with van der Waals surface area (Å²) in [5.41, 5.74) is 2.84. The SMILES string of the molecule is Cc1nn(C(C)(C)C)cc1[C@H](C)NC(=O)N[C@@H](C)c1cccnc1. The number of aryl methyl sites for hydroxylation is 1. The Morgan fingerprint density at radius 2 is 1.88 bits per heavy atom. The van der Waals surface area contributed by atoms with E-state index in [1.165, 1.54) is 0 Å². The molecule has 24 heavy (non-hydrogen) atoms. The van der Waals surface area contributed by atoms with Gasteiger partial charge in [0.2, 0.25) is 0 Å². The third-order valence-corrected chi connectivity index (χ3v) is 3.97. The average molecular weight is 329 g/mol. The monoisotopic (exact) mass is 329 g/mol. The van der Waals surface area contributed by atoms with Gasteiger partial charge in [0.25, 0.3) is 0 Å². The highest BCUT2D eigenvalue weighted by atomic mass is 16.2. The topological polar surface area (TPSA) is 71.8 Å². The molecule has 2 amide bonds. The third kappa shape index (κ3) is 4.34. The zero-order valence-corrected chi connectivity index (χ0v) is 15.3. The molecule has 0 fully saturated rings. The fraction of sp³-hybridized carbons (Fsp3) is 0.500. The Bertz CT molecular complexity index is 687. The number of rotatable bonds is 4. The van der Waals surface area contributed by atoms with Crippen LogP contribution in [-0.2, 0) is 5.54 Å². The van der Waals surface area contributed by atoms with E-state index in [2.05, 4.69) is 41.5 Å². The minimum absolute atomic E-state index is 0.0835. The van der Waals surface area contributed by atoms with E-state index in [-0.39, 0.29) is 23.7 Å². The molecule has 0 saturated carbocycles. The molecule has 0 aliphatic heterocycles. The Labute approximate surface area is 143 Å². The van der Waals surface area contributed by atoms with Gasteiger partial charge in [0.15, 0.2) is 0 Å². The Hall–Kier alpha value is -2.37. The summed E-state index contributed by atoms with van der Waals surface area (Å²) in [5, 5.41) is 10.5. The molecule has 2 aromatic heterocycles. The van der Waals surface area contributed by atoms with Gasteiger partial charge in [-0.2, -0.15) is 5.10 Å². The molecule has 0 aromatic carbocycles. The maximum absolute atomic E-state index is 12.3. The molecule has 2 rings (SSSR count). The molecule has 2 heterocycles. The van der Waals surface area contributed by atoms with Crippen LogP contribution in [0.3, 0.4) is 0 Å². The van der Waals surface area contributed by atoms with Gasteiger partial charge >= 0.3 is 6.03 Å². The highest BCUT2D eigenvalue weighted by Crippen LogP contribution is 2.21. The van der Waals surface area contributed by atoms with Crippen LogP contribution in [0.15, 0.2) is 30.7 Å². The number of carbonyl (C=O) groups excluding carboxylic acids is 1. The van der Waals surface area contributed by atoms with Crippen molar-refractivity contribution < 1.29 is 4.79 Å². The molecule has 6 heteroatoms. The normalized spacial score (nSPS) is 14.1. The summed E-state index contributed by atoms with van der Waals surface area (Å²) in [6.45, 7) is 12.2. The minimum Gasteiger partial charge on any atom is -0.332 e. The van der Waals surface area contributed by atoms with Crippen molar-refractivity contribution in [3.8, 4) is 0 Å². The predicted molar refractivity (Wildman–Crippen MR) is 94.7 cm³/mol. The Kier molecular flexibility index (Phi) is 5.26. The summed E-state index contributed by atoms with van der Waals surface area (Å²) in [4.78, 5) is 16.3. The van der Waals surface area contributed by atoms with Crippen LogP contribution in [0.4, 0.5) is 4.79 Å². The Morgan fingerprint density at radius 1 is 1.21 bits per heavy atom. The van der Waals surface area contributed by atoms with Crippen LogP contribution < -0.4 is 10.6 Å². The maximum Gasteiger partial charge on any atom is 0.315 e. The average Bonchev–Trinajstić information content (AvgIpc) is 2.90. The molecule has 130 valence electrons. The number of amides is 2. The number of carbonyl (C=O) groups is 1. The van der Waals surface area contributed by atoms with Gasteiger partial charge < -0.3 is 10.6 Å². The molecule has 2 aromatic rings. The second-order valence-corrected chi connectivity index (χ2v) is 7.13. The van der Waals surface area contributed by atoms with Crippen LogP contribution in [0.1, 0.15) is 63.5 Å². The molecule has 0 spiro atoms. The van der Waals surface area contributed by atoms with Crippen LogP contribution in [0.25, 0.3) is 0 Å². The summed E-state index contributed by atoms with van der Waals surface area (Å²) in [5.74, 6) is 0. The summed E-state index contributed by atoms with van der Waals surface area (Å²) in [6, 6.07) is 3.37. The lowest BCUT2D eigenvalue weighted by molar-refractivity contribution is 0.235. The first-order valence-electron chi connectivity index (χ1n) is 8.22. The fourth-order valence-corrected chi connectivity index (χ4v) is 2.47. The number of nitrogens with one attached hydrogen (secondary N) is 2. The summed E-state index contributed by atoms with van der Waals surface area (Å²) < 4.78 is 1.94. The number of hydrogen-bond acceptors (Lipinski definition) is 3. The molecule has 0 unspecified atom stereocenters. The van der Waals surface area contributed by atoms with E-state index >= 15 is 0 Å². The van der Waals surface area contributed by atoms with Crippen LogP contribution in [0.5, 0.6) is 0 Å². The zero-order chi connectivity index (χ0) is 17.9. The van der Waals surface area contributed by atoms with Crippen molar-refractivity contribution in [2.45, 2.75) is 59.2 Å². The molecule has 6 nitrogen and oxygen atoms in total. The second-order valence-electron chi connectivity index (χ2n) is 7.13. The van der Waals surface area contributed by atoms with Crippen LogP contribution in [0.2, 0.25) is 0 Å². The molecular formula is C18H27N5O. The second kappa shape index (κ2) is 7.03. The van der Waals surface area contributed by atoms with E-state index in [1.54, 1.807) is 12.4 Å². The smallest absolute Gasteiger partial charge is 0.315 e. The van der Waals surface area contributed by atoms with E-state index in [0.717, 1.165) is 16.8 Å². The maximum atomic E-state index is 12.3. The molecule has 0 radical (unpaired) electrons. The first-order valence-corrected chi connectivity index (χ1v) is 8.22. The number of urea groups is 1. The van der Waals surface area contributed by atoms with Crippen molar-refractivity contribution in [2.24, 2.45) is 0 Å². The molecule has 0 aliphatic rings. The Balaban J connectivity index is 2.00. The molecule has 0 aliphatic carbocycles. The molecule has 0 bridgehead atoms. The van der Waals surface area contributed by atoms with E-state index in [9.17, 15) is 4.79 Å². The van der Waals surface area contributed by atoms with Crippen molar-refractivity contribution in [3.63, 3.8) is 0 Å². The fourth-order valence-electron chi connectivity index (χ4n) is 2.47. The van der Waals surface area contributed by atoms with E-state index in [1.807, 2.05) is 43.8 Å². The number of hydrogen-bond donors (Lipinski definition) is 2. The largest absolute Gasteiger partial charge is 0.332 e. The lowest BCUT2D eigenvalue weighted by Gasteiger charge is -2.19. The van der Waals surface area contributed by atoms with Crippen LogP contribution in [-0.4, -0.2) is 20.8 Å². The lowest BCUT2D eigenvalue weighted by atomic mass is 10.1. The first kappa shape index (κ1) is 18.0. The van der Waals surface area contributed by atoms with E-state index < -0.39 is 0 Å². The van der Waals surface area contributed by atoms with Gasteiger partial charge in [0, 0.05) is 24.2 Å². The zero-order valence-electron chi connectivity index (χ0n) is 15.3. The predicted octanol–water partition coefficient (Wildman–Crippen LogP) is 3.46. The van der Waals surface area contributed by atoms with Crippen molar-refractivity contribution in [2.75, 3.05) is 0 Å². The highest BCUT2D eigenvalue weighted by molar-refractivity contribution is 5.74. The summed E-state index contributed by atoms with van der Waals surface area (Å²) >= 11 is 0. The molecule has 2 atom stereocenters. The Morgan fingerprint density at radius 3 is 2.42 bits per heavy atom. The minimum atomic E-state index is -0.207. The van der Waals surface area contributed by atoms with E-state index in [0.29, 0.717) is 0 Å².